The summed E-state index contributed by atoms with van der Waals surface area (Å²) in [6, 6.07) is 16.4. The van der Waals surface area contributed by atoms with Crippen LogP contribution in [-0.2, 0) is 4.79 Å². The van der Waals surface area contributed by atoms with Gasteiger partial charge in [0.2, 0.25) is 0 Å². The molecule has 8 heteroatoms. The average molecular weight is 514 g/mol. The molecular formula is C19H14Cl2IN3O2. The second kappa shape index (κ2) is 9.25. The van der Waals surface area contributed by atoms with E-state index >= 15 is 0 Å². The van der Waals surface area contributed by atoms with Crippen LogP contribution in [0, 0.1) is 3.57 Å². The minimum atomic E-state index is -0.266. The Balaban J connectivity index is 1.53. The summed E-state index contributed by atoms with van der Waals surface area (Å²) in [5.74, 6) is 0.809. The Morgan fingerprint density at radius 1 is 1.11 bits per heavy atom. The minimum Gasteiger partial charge on any atom is -0.455 e. The molecule has 0 atom stereocenters. The van der Waals surface area contributed by atoms with E-state index in [0.29, 0.717) is 21.6 Å². The summed E-state index contributed by atoms with van der Waals surface area (Å²) in [5.41, 5.74) is 4.04. The number of hydrazone groups is 1. The third kappa shape index (κ3) is 5.72. The maximum absolute atomic E-state index is 11.8. The van der Waals surface area contributed by atoms with E-state index in [9.17, 15) is 4.79 Å². The van der Waals surface area contributed by atoms with E-state index in [4.69, 9.17) is 27.6 Å². The summed E-state index contributed by atoms with van der Waals surface area (Å²) < 4.78 is 6.80. The van der Waals surface area contributed by atoms with Crippen molar-refractivity contribution in [2.45, 2.75) is 0 Å². The molecule has 27 heavy (non-hydrogen) atoms. The first-order valence-corrected chi connectivity index (χ1v) is 9.71. The van der Waals surface area contributed by atoms with E-state index in [1.54, 1.807) is 30.3 Å². The van der Waals surface area contributed by atoms with E-state index in [1.807, 2.05) is 24.3 Å². The van der Waals surface area contributed by atoms with Gasteiger partial charge in [-0.2, -0.15) is 5.10 Å². The fraction of sp³-hybridized carbons (Fsp3) is 0.0526. The Bertz CT molecular complexity index is 971. The Morgan fingerprint density at radius 3 is 2.63 bits per heavy atom. The van der Waals surface area contributed by atoms with E-state index in [-0.39, 0.29) is 12.5 Å². The molecule has 1 heterocycles. The molecule has 2 N–H and O–H groups in total. The number of carbonyl (C=O) groups is 1. The summed E-state index contributed by atoms with van der Waals surface area (Å²) in [6.45, 7) is 0.113. The highest BCUT2D eigenvalue weighted by Crippen LogP contribution is 2.31. The standard InChI is InChI=1S/C19H14Cl2IN3O2/c20-12-1-7-16(17(21)9-12)18-8-6-15(27-18)10-24-25-19(26)11-23-14-4-2-13(22)3-5-14/h1-10,23H,11H2,(H,25,26)/b24-10-. The number of benzene rings is 2. The second-order valence-corrected chi connectivity index (χ2v) is 7.57. The lowest BCUT2D eigenvalue weighted by atomic mass is 10.2. The summed E-state index contributed by atoms with van der Waals surface area (Å²) >= 11 is 14.3. The van der Waals surface area contributed by atoms with Crippen LogP contribution in [0.1, 0.15) is 5.76 Å². The van der Waals surface area contributed by atoms with Gasteiger partial charge in [0.25, 0.3) is 5.91 Å². The smallest absolute Gasteiger partial charge is 0.259 e. The van der Waals surface area contributed by atoms with Crippen molar-refractivity contribution in [1.82, 2.24) is 5.43 Å². The van der Waals surface area contributed by atoms with Crippen molar-refractivity contribution in [2.24, 2.45) is 5.10 Å². The van der Waals surface area contributed by atoms with Gasteiger partial charge in [-0.15, -0.1) is 0 Å². The normalized spacial score (nSPS) is 10.9. The molecule has 0 spiro atoms. The van der Waals surface area contributed by atoms with E-state index in [1.165, 1.54) is 6.21 Å². The number of rotatable bonds is 6. The molecule has 138 valence electrons. The highest BCUT2D eigenvalue weighted by atomic mass is 127. The van der Waals surface area contributed by atoms with Crippen LogP contribution in [0.5, 0.6) is 0 Å². The highest BCUT2D eigenvalue weighted by Gasteiger charge is 2.08. The average Bonchev–Trinajstić information content (AvgIpc) is 3.10. The number of amides is 1. The largest absolute Gasteiger partial charge is 0.455 e. The lowest BCUT2D eigenvalue weighted by Gasteiger charge is -2.04. The Morgan fingerprint density at radius 2 is 1.89 bits per heavy atom. The van der Waals surface area contributed by atoms with Gasteiger partial charge in [0.15, 0.2) is 0 Å². The molecule has 0 unspecified atom stereocenters. The first-order chi connectivity index (χ1) is 13.0. The number of anilines is 1. The third-order valence-corrected chi connectivity index (χ3v) is 4.77. The van der Waals surface area contributed by atoms with Crippen molar-refractivity contribution < 1.29 is 9.21 Å². The van der Waals surface area contributed by atoms with Crippen LogP contribution in [-0.4, -0.2) is 18.7 Å². The predicted octanol–water partition coefficient (Wildman–Crippen LogP) is 5.42. The molecule has 0 aliphatic carbocycles. The van der Waals surface area contributed by atoms with E-state index in [2.05, 4.69) is 38.4 Å². The lowest BCUT2D eigenvalue weighted by molar-refractivity contribution is -0.119. The molecule has 0 bridgehead atoms. The third-order valence-electron chi connectivity index (χ3n) is 3.50. The van der Waals surface area contributed by atoms with Crippen LogP contribution in [0.3, 0.4) is 0 Å². The number of nitrogens with one attached hydrogen (secondary N) is 2. The molecule has 0 aliphatic heterocycles. The monoisotopic (exact) mass is 513 g/mol. The van der Waals surface area contributed by atoms with Crippen molar-refractivity contribution >= 4 is 63.6 Å². The molecule has 0 fully saturated rings. The van der Waals surface area contributed by atoms with Gasteiger partial charge in [-0.05, 0) is 77.2 Å². The molecule has 1 aromatic heterocycles. The lowest BCUT2D eigenvalue weighted by Crippen LogP contribution is -2.25. The van der Waals surface area contributed by atoms with Gasteiger partial charge in [-0.1, -0.05) is 23.2 Å². The maximum atomic E-state index is 11.8. The fourth-order valence-electron chi connectivity index (χ4n) is 2.21. The van der Waals surface area contributed by atoms with Crippen molar-refractivity contribution in [1.29, 1.82) is 0 Å². The fourth-order valence-corrected chi connectivity index (χ4v) is 3.07. The molecule has 0 saturated carbocycles. The number of carbonyl (C=O) groups excluding carboxylic acids is 1. The zero-order valence-corrected chi connectivity index (χ0v) is 17.5. The molecule has 2 aromatic carbocycles. The van der Waals surface area contributed by atoms with Crippen molar-refractivity contribution in [2.75, 3.05) is 11.9 Å². The van der Waals surface area contributed by atoms with Crippen LogP contribution in [0.15, 0.2) is 64.1 Å². The maximum Gasteiger partial charge on any atom is 0.259 e. The van der Waals surface area contributed by atoms with Crippen molar-refractivity contribution in [3.05, 3.63) is 74.0 Å². The number of hydrogen-bond acceptors (Lipinski definition) is 4. The van der Waals surface area contributed by atoms with Crippen LogP contribution >= 0.6 is 45.8 Å². The number of halogens is 3. The zero-order chi connectivity index (χ0) is 19.2. The summed E-state index contributed by atoms with van der Waals surface area (Å²) in [6.07, 6.45) is 1.43. The van der Waals surface area contributed by atoms with Gasteiger partial charge in [0.05, 0.1) is 17.8 Å². The highest BCUT2D eigenvalue weighted by molar-refractivity contribution is 14.1. The van der Waals surface area contributed by atoms with Gasteiger partial charge < -0.3 is 9.73 Å². The van der Waals surface area contributed by atoms with E-state index in [0.717, 1.165) is 14.8 Å². The Kier molecular flexibility index (Phi) is 6.76. The zero-order valence-electron chi connectivity index (χ0n) is 13.9. The summed E-state index contributed by atoms with van der Waals surface area (Å²) in [4.78, 5) is 11.8. The number of nitrogens with zero attached hydrogens (tertiary/aromatic N) is 1. The molecule has 0 aliphatic rings. The van der Waals surface area contributed by atoms with E-state index < -0.39 is 0 Å². The topological polar surface area (TPSA) is 66.6 Å². The molecule has 0 radical (unpaired) electrons. The van der Waals surface area contributed by atoms with Crippen LogP contribution < -0.4 is 10.7 Å². The molecular weight excluding hydrogens is 500 g/mol. The van der Waals surface area contributed by atoms with Crippen LogP contribution in [0.4, 0.5) is 5.69 Å². The quantitative estimate of drug-likeness (QED) is 0.263. The molecule has 5 nitrogen and oxygen atoms in total. The second-order valence-electron chi connectivity index (χ2n) is 5.48. The Hall–Kier alpha value is -2.03. The van der Waals surface area contributed by atoms with Gasteiger partial charge in [0, 0.05) is 19.8 Å². The number of furan rings is 1. The first kappa shape index (κ1) is 19.7. The van der Waals surface area contributed by atoms with Crippen LogP contribution in [0.2, 0.25) is 10.0 Å². The molecule has 0 saturated heterocycles. The molecule has 3 rings (SSSR count). The van der Waals surface area contributed by atoms with Crippen LogP contribution in [0.25, 0.3) is 11.3 Å². The first-order valence-electron chi connectivity index (χ1n) is 7.88. The Labute approximate surface area is 179 Å². The van der Waals surface area contributed by atoms with Gasteiger partial charge in [-0.3, -0.25) is 4.79 Å². The predicted molar refractivity (Wildman–Crippen MR) is 118 cm³/mol. The van der Waals surface area contributed by atoms with Crippen molar-refractivity contribution in [3.63, 3.8) is 0 Å². The molecule has 3 aromatic rings. The minimum absolute atomic E-state index is 0.113. The van der Waals surface area contributed by atoms with Gasteiger partial charge >= 0.3 is 0 Å². The summed E-state index contributed by atoms with van der Waals surface area (Å²) in [5, 5.41) is 7.97. The van der Waals surface area contributed by atoms with Crippen molar-refractivity contribution in [3.8, 4) is 11.3 Å². The SMILES string of the molecule is O=C(CNc1ccc(I)cc1)N/N=C\c1ccc(-c2ccc(Cl)cc2Cl)o1. The van der Waals surface area contributed by atoms with Gasteiger partial charge in [0.1, 0.15) is 11.5 Å². The number of hydrogen-bond donors (Lipinski definition) is 2. The van der Waals surface area contributed by atoms with Gasteiger partial charge in [-0.25, -0.2) is 5.43 Å². The molecule has 1 amide bonds. The summed E-state index contributed by atoms with van der Waals surface area (Å²) in [7, 11) is 0.